The van der Waals surface area contributed by atoms with Crippen molar-refractivity contribution in [3.05, 3.63) is 17.5 Å². The minimum Gasteiger partial charge on any atom is -0.267 e. The summed E-state index contributed by atoms with van der Waals surface area (Å²) in [7, 11) is 0. The Labute approximate surface area is 80.0 Å². The third-order valence-electron chi connectivity index (χ3n) is 2.92. The van der Waals surface area contributed by atoms with Crippen LogP contribution in [0.5, 0.6) is 0 Å². The van der Waals surface area contributed by atoms with E-state index in [-0.39, 0.29) is 0 Å². The highest BCUT2D eigenvalue weighted by molar-refractivity contribution is 5.21. The largest absolute Gasteiger partial charge is 0.267 e. The zero-order valence-corrected chi connectivity index (χ0v) is 8.75. The summed E-state index contributed by atoms with van der Waals surface area (Å²) in [5.41, 5.74) is 2.96. The zero-order chi connectivity index (χ0) is 9.42. The van der Waals surface area contributed by atoms with Gasteiger partial charge in [0.15, 0.2) is 0 Å². The molecule has 0 saturated carbocycles. The molecule has 0 fully saturated rings. The lowest BCUT2D eigenvalue weighted by atomic mass is 9.89. The van der Waals surface area contributed by atoms with Crippen LogP contribution in [-0.4, -0.2) is 9.78 Å². The molecule has 1 heterocycles. The highest BCUT2D eigenvalue weighted by Gasteiger charge is 2.20. The average molecular weight is 178 g/mol. The van der Waals surface area contributed by atoms with Gasteiger partial charge in [0.05, 0.1) is 6.20 Å². The Morgan fingerprint density at radius 3 is 3.00 bits per heavy atom. The molecular weight excluding hydrogens is 160 g/mol. The highest BCUT2D eigenvalue weighted by atomic mass is 15.3. The lowest BCUT2D eigenvalue weighted by Crippen LogP contribution is -2.15. The van der Waals surface area contributed by atoms with E-state index in [1.807, 2.05) is 0 Å². The molecule has 0 amide bonds. The summed E-state index contributed by atoms with van der Waals surface area (Å²) in [5.74, 6) is 0.845. The summed E-state index contributed by atoms with van der Waals surface area (Å²) in [5, 5.41) is 4.45. The van der Waals surface area contributed by atoms with Crippen molar-refractivity contribution < 1.29 is 0 Å². The molecule has 0 spiro atoms. The van der Waals surface area contributed by atoms with Crippen molar-refractivity contribution in [1.82, 2.24) is 9.78 Å². The molecule has 0 saturated heterocycles. The van der Waals surface area contributed by atoms with Crippen LogP contribution in [0.25, 0.3) is 0 Å². The fraction of sp³-hybridized carbons (Fsp3) is 0.727. The van der Waals surface area contributed by atoms with Crippen molar-refractivity contribution >= 4 is 0 Å². The van der Waals surface area contributed by atoms with Crippen molar-refractivity contribution in [3.8, 4) is 0 Å². The summed E-state index contributed by atoms with van der Waals surface area (Å²) in [4.78, 5) is 0. The van der Waals surface area contributed by atoms with Gasteiger partial charge in [-0.2, -0.15) is 5.10 Å². The normalized spacial score (nSPS) is 22.0. The molecule has 1 unspecified atom stereocenters. The average Bonchev–Trinajstić information content (AvgIpc) is 2.46. The fourth-order valence-electron chi connectivity index (χ4n) is 2.17. The molecule has 0 aliphatic heterocycles. The topological polar surface area (TPSA) is 17.8 Å². The fourth-order valence-corrected chi connectivity index (χ4v) is 2.17. The molecule has 0 N–H and O–H groups in total. The second-order valence-corrected chi connectivity index (χ2v) is 4.50. The van der Waals surface area contributed by atoms with E-state index in [4.69, 9.17) is 0 Å². The van der Waals surface area contributed by atoms with E-state index in [0.717, 1.165) is 5.92 Å². The molecule has 0 radical (unpaired) electrons. The van der Waals surface area contributed by atoms with Crippen molar-refractivity contribution in [1.29, 1.82) is 0 Å². The molecule has 1 aliphatic rings. The molecule has 1 aromatic heterocycles. The quantitative estimate of drug-likeness (QED) is 0.646. The number of fused-ring (bicyclic) bond motifs is 1. The van der Waals surface area contributed by atoms with Crippen LogP contribution < -0.4 is 0 Å². The minimum atomic E-state index is 0.511. The molecule has 0 bridgehead atoms. The maximum atomic E-state index is 4.45. The van der Waals surface area contributed by atoms with E-state index < -0.39 is 0 Å². The molecule has 72 valence electrons. The van der Waals surface area contributed by atoms with E-state index in [1.165, 1.54) is 30.5 Å². The van der Waals surface area contributed by atoms with Gasteiger partial charge in [0, 0.05) is 11.7 Å². The summed E-state index contributed by atoms with van der Waals surface area (Å²) in [6, 6.07) is 0.511. The first kappa shape index (κ1) is 8.79. The van der Waals surface area contributed by atoms with Crippen LogP contribution in [-0.2, 0) is 12.8 Å². The monoisotopic (exact) mass is 178 g/mol. The zero-order valence-electron chi connectivity index (χ0n) is 8.75. The SMILES string of the molecule is CC1CCc2c(cnn2C(C)C)C1. The maximum absolute atomic E-state index is 4.45. The van der Waals surface area contributed by atoms with Gasteiger partial charge >= 0.3 is 0 Å². The van der Waals surface area contributed by atoms with Crippen molar-refractivity contribution in [2.75, 3.05) is 0 Å². The van der Waals surface area contributed by atoms with Crippen LogP contribution in [0.15, 0.2) is 6.20 Å². The smallest absolute Gasteiger partial charge is 0.0524 e. The van der Waals surface area contributed by atoms with Gasteiger partial charge in [-0.25, -0.2) is 0 Å². The van der Waals surface area contributed by atoms with E-state index in [0.29, 0.717) is 6.04 Å². The Balaban J connectivity index is 2.33. The van der Waals surface area contributed by atoms with Gasteiger partial charge in [0.2, 0.25) is 0 Å². The van der Waals surface area contributed by atoms with Gasteiger partial charge in [-0.1, -0.05) is 6.92 Å². The van der Waals surface area contributed by atoms with Gasteiger partial charge in [0.1, 0.15) is 0 Å². The first-order valence-electron chi connectivity index (χ1n) is 5.23. The molecule has 13 heavy (non-hydrogen) atoms. The summed E-state index contributed by atoms with van der Waals surface area (Å²) < 4.78 is 2.18. The molecule has 2 nitrogen and oxygen atoms in total. The van der Waals surface area contributed by atoms with Crippen LogP contribution >= 0.6 is 0 Å². The Hall–Kier alpha value is -0.790. The third-order valence-corrected chi connectivity index (χ3v) is 2.92. The number of hydrogen-bond acceptors (Lipinski definition) is 1. The van der Waals surface area contributed by atoms with E-state index in [9.17, 15) is 0 Å². The van der Waals surface area contributed by atoms with E-state index in [2.05, 4.69) is 36.7 Å². The van der Waals surface area contributed by atoms with Crippen molar-refractivity contribution in [3.63, 3.8) is 0 Å². The van der Waals surface area contributed by atoms with E-state index in [1.54, 1.807) is 0 Å². The first-order chi connectivity index (χ1) is 6.18. The van der Waals surface area contributed by atoms with Gasteiger partial charge in [-0.05, 0) is 44.6 Å². The molecule has 2 rings (SSSR count). The standard InChI is InChI=1S/C11H18N2/c1-8(2)13-11-5-4-9(3)6-10(11)7-12-13/h7-9H,4-6H2,1-3H3. The summed E-state index contributed by atoms with van der Waals surface area (Å²) in [6.07, 6.45) is 5.83. The molecule has 0 aromatic carbocycles. The van der Waals surface area contributed by atoms with E-state index >= 15 is 0 Å². The molecule has 1 aromatic rings. The third kappa shape index (κ3) is 1.50. The number of nitrogens with zero attached hydrogens (tertiary/aromatic N) is 2. The number of rotatable bonds is 1. The predicted octanol–water partition coefficient (Wildman–Crippen LogP) is 2.59. The van der Waals surface area contributed by atoms with Crippen LogP contribution in [0, 0.1) is 5.92 Å². The minimum absolute atomic E-state index is 0.511. The van der Waals surface area contributed by atoms with Crippen molar-refractivity contribution in [2.45, 2.75) is 46.1 Å². The Morgan fingerprint density at radius 1 is 1.54 bits per heavy atom. The number of hydrogen-bond donors (Lipinski definition) is 0. The lowest BCUT2D eigenvalue weighted by Gasteiger charge is -2.20. The van der Waals surface area contributed by atoms with Crippen LogP contribution in [0.1, 0.15) is 44.5 Å². The molecule has 1 aliphatic carbocycles. The molecular formula is C11H18N2. The molecule has 2 heteroatoms. The summed E-state index contributed by atoms with van der Waals surface area (Å²) >= 11 is 0. The molecule has 1 atom stereocenters. The summed E-state index contributed by atoms with van der Waals surface area (Å²) in [6.45, 7) is 6.73. The van der Waals surface area contributed by atoms with Gasteiger partial charge in [0.25, 0.3) is 0 Å². The number of aromatic nitrogens is 2. The predicted molar refractivity (Wildman–Crippen MR) is 53.8 cm³/mol. The first-order valence-corrected chi connectivity index (χ1v) is 5.23. The van der Waals surface area contributed by atoms with Crippen molar-refractivity contribution in [2.24, 2.45) is 5.92 Å². The van der Waals surface area contributed by atoms with Gasteiger partial charge in [-0.15, -0.1) is 0 Å². The Morgan fingerprint density at radius 2 is 2.31 bits per heavy atom. The van der Waals surface area contributed by atoms with Gasteiger partial charge in [-0.3, -0.25) is 4.68 Å². The van der Waals surface area contributed by atoms with Crippen LogP contribution in [0.4, 0.5) is 0 Å². The highest BCUT2D eigenvalue weighted by Crippen LogP contribution is 2.26. The Kier molecular flexibility index (Phi) is 2.14. The van der Waals surface area contributed by atoms with Crippen LogP contribution in [0.3, 0.4) is 0 Å². The second-order valence-electron chi connectivity index (χ2n) is 4.50. The van der Waals surface area contributed by atoms with Crippen LogP contribution in [0.2, 0.25) is 0 Å². The Bertz CT molecular complexity index is 299. The second kappa shape index (κ2) is 3.17. The maximum Gasteiger partial charge on any atom is 0.0524 e. The van der Waals surface area contributed by atoms with Gasteiger partial charge < -0.3 is 0 Å². The lowest BCUT2D eigenvalue weighted by molar-refractivity contribution is 0.453.